The molecule has 0 aromatic carbocycles. The minimum atomic E-state index is -0.788. The Hall–Kier alpha value is -1.06. The van der Waals surface area contributed by atoms with E-state index in [1.54, 1.807) is 0 Å². The summed E-state index contributed by atoms with van der Waals surface area (Å²) in [6, 6.07) is 0.344. The Morgan fingerprint density at radius 3 is 2.05 bits per heavy atom. The highest BCUT2D eigenvalue weighted by Crippen LogP contribution is 2.34. The second kappa shape index (κ2) is 7.28. The average molecular weight is 295 g/mol. The maximum absolute atomic E-state index is 13.0. The molecule has 120 valence electrons. The van der Waals surface area contributed by atoms with Crippen LogP contribution in [0.15, 0.2) is 0 Å². The van der Waals surface area contributed by atoms with Gasteiger partial charge in [0.15, 0.2) is 0 Å². The Kier molecular flexibility index (Phi) is 5.65. The molecule has 1 amide bonds. The number of carbonyl (C=O) groups excluding carboxylic acids is 1. The lowest BCUT2D eigenvalue weighted by Crippen LogP contribution is -2.47. The smallest absolute Gasteiger partial charge is 0.307 e. The molecule has 2 unspecified atom stereocenters. The first kappa shape index (κ1) is 16.3. The largest absolute Gasteiger partial charge is 0.481 e. The number of aliphatic carboxylic acids is 1. The highest BCUT2D eigenvalue weighted by Gasteiger charge is 2.40. The van der Waals surface area contributed by atoms with Gasteiger partial charge >= 0.3 is 5.97 Å². The van der Waals surface area contributed by atoms with E-state index in [0.29, 0.717) is 18.4 Å². The molecule has 2 aliphatic rings. The molecule has 2 aliphatic carbocycles. The van der Waals surface area contributed by atoms with Gasteiger partial charge in [0, 0.05) is 12.6 Å². The van der Waals surface area contributed by atoms with Crippen LogP contribution in [0, 0.1) is 17.8 Å². The SMILES string of the molecule is CC(C)CN(C(=O)C1CCCCC1C(=O)O)C1CCCC1. The number of rotatable bonds is 5. The van der Waals surface area contributed by atoms with Gasteiger partial charge in [0.25, 0.3) is 0 Å². The van der Waals surface area contributed by atoms with E-state index in [9.17, 15) is 14.7 Å². The van der Waals surface area contributed by atoms with Gasteiger partial charge < -0.3 is 10.0 Å². The van der Waals surface area contributed by atoms with E-state index in [1.165, 1.54) is 12.8 Å². The van der Waals surface area contributed by atoms with Crippen molar-refractivity contribution in [3.05, 3.63) is 0 Å². The van der Waals surface area contributed by atoms with Crippen molar-refractivity contribution in [2.75, 3.05) is 6.54 Å². The zero-order chi connectivity index (χ0) is 15.4. The van der Waals surface area contributed by atoms with Gasteiger partial charge in [-0.2, -0.15) is 0 Å². The molecular weight excluding hydrogens is 266 g/mol. The zero-order valence-electron chi connectivity index (χ0n) is 13.4. The maximum Gasteiger partial charge on any atom is 0.307 e. The summed E-state index contributed by atoms with van der Waals surface area (Å²) in [7, 11) is 0. The number of nitrogens with zero attached hydrogens (tertiary/aromatic N) is 1. The number of amides is 1. The molecule has 2 atom stereocenters. The van der Waals surface area contributed by atoms with E-state index in [0.717, 1.165) is 38.6 Å². The molecule has 2 fully saturated rings. The highest BCUT2D eigenvalue weighted by molar-refractivity contribution is 5.85. The van der Waals surface area contributed by atoms with E-state index in [2.05, 4.69) is 13.8 Å². The Balaban J connectivity index is 2.13. The molecule has 0 aliphatic heterocycles. The second-order valence-electron chi connectivity index (χ2n) is 7.16. The standard InChI is InChI=1S/C17H29NO3/c1-12(2)11-18(13-7-3-4-8-13)16(19)14-9-5-6-10-15(14)17(20)21/h12-15H,3-11H2,1-2H3,(H,20,21). The maximum atomic E-state index is 13.0. The minimum absolute atomic E-state index is 0.114. The van der Waals surface area contributed by atoms with Gasteiger partial charge in [-0.3, -0.25) is 9.59 Å². The molecule has 2 rings (SSSR count). The van der Waals surface area contributed by atoms with Crippen LogP contribution < -0.4 is 0 Å². The third-order valence-electron chi connectivity index (χ3n) is 5.01. The molecule has 0 bridgehead atoms. The van der Waals surface area contributed by atoms with Gasteiger partial charge in [-0.1, -0.05) is 39.5 Å². The fourth-order valence-electron chi connectivity index (χ4n) is 3.96. The minimum Gasteiger partial charge on any atom is -0.481 e. The predicted octanol–water partition coefficient (Wildman–Crippen LogP) is 3.30. The monoisotopic (exact) mass is 295 g/mol. The summed E-state index contributed by atoms with van der Waals surface area (Å²) in [6.45, 7) is 5.03. The predicted molar refractivity (Wildman–Crippen MR) is 81.9 cm³/mol. The van der Waals surface area contributed by atoms with Crippen LogP contribution >= 0.6 is 0 Å². The first-order valence-electron chi connectivity index (χ1n) is 8.54. The van der Waals surface area contributed by atoms with Crippen molar-refractivity contribution in [3.63, 3.8) is 0 Å². The topological polar surface area (TPSA) is 57.6 Å². The van der Waals surface area contributed by atoms with Crippen LogP contribution in [0.3, 0.4) is 0 Å². The number of carbonyl (C=O) groups is 2. The van der Waals surface area contributed by atoms with Crippen LogP contribution in [-0.4, -0.2) is 34.5 Å². The Morgan fingerprint density at radius 1 is 1.00 bits per heavy atom. The summed E-state index contributed by atoms with van der Waals surface area (Å²) in [5.41, 5.74) is 0. The van der Waals surface area contributed by atoms with E-state index in [1.807, 2.05) is 4.90 Å². The molecule has 0 radical (unpaired) electrons. The fraction of sp³-hybridized carbons (Fsp3) is 0.882. The van der Waals surface area contributed by atoms with Crippen molar-refractivity contribution in [2.24, 2.45) is 17.8 Å². The average Bonchev–Trinajstić information content (AvgIpc) is 2.97. The molecule has 21 heavy (non-hydrogen) atoms. The molecule has 0 aromatic heterocycles. The summed E-state index contributed by atoms with van der Waals surface area (Å²) >= 11 is 0. The van der Waals surface area contributed by atoms with Crippen LogP contribution in [0.2, 0.25) is 0 Å². The first-order chi connectivity index (χ1) is 10.0. The molecule has 0 saturated heterocycles. The molecule has 0 spiro atoms. The van der Waals surface area contributed by atoms with Crippen molar-refractivity contribution < 1.29 is 14.7 Å². The lowest BCUT2D eigenvalue weighted by Gasteiger charge is -2.37. The van der Waals surface area contributed by atoms with Gasteiger partial charge in [0.1, 0.15) is 0 Å². The Morgan fingerprint density at radius 2 is 1.52 bits per heavy atom. The molecule has 4 heteroatoms. The van der Waals surface area contributed by atoms with E-state index in [-0.39, 0.29) is 11.8 Å². The molecular formula is C17H29NO3. The van der Waals surface area contributed by atoms with E-state index < -0.39 is 11.9 Å². The number of carboxylic acid groups (broad SMARTS) is 1. The second-order valence-corrected chi connectivity index (χ2v) is 7.16. The van der Waals surface area contributed by atoms with Crippen molar-refractivity contribution >= 4 is 11.9 Å². The van der Waals surface area contributed by atoms with E-state index >= 15 is 0 Å². The summed E-state index contributed by atoms with van der Waals surface area (Å²) in [6.07, 6.45) is 7.89. The quantitative estimate of drug-likeness (QED) is 0.846. The number of hydrogen-bond acceptors (Lipinski definition) is 2. The third-order valence-corrected chi connectivity index (χ3v) is 5.01. The van der Waals surface area contributed by atoms with Gasteiger partial charge in [-0.05, 0) is 31.6 Å². The van der Waals surface area contributed by atoms with Crippen LogP contribution in [0.1, 0.15) is 65.2 Å². The summed E-state index contributed by atoms with van der Waals surface area (Å²) < 4.78 is 0. The number of carboxylic acids is 1. The highest BCUT2D eigenvalue weighted by atomic mass is 16.4. The van der Waals surface area contributed by atoms with Crippen molar-refractivity contribution in [2.45, 2.75) is 71.3 Å². The van der Waals surface area contributed by atoms with Crippen LogP contribution in [0.4, 0.5) is 0 Å². The van der Waals surface area contributed by atoms with Crippen LogP contribution in [0.5, 0.6) is 0 Å². The zero-order valence-corrected chi connectivity index (χ0v) is 13.4. The van der Waals surface area contributed by atoms with Gasteiger partial charge in [0.05, 0.1) is 11.8 Å². The van der Waals surface area contributed by atoms with Crippen molar-refractivity contribution in [3.8, 4) is 0 Å². The summed E-state index contributed by atoms with van der Waals surface area (Å²) in [4.78, 5) is 26.5. The van der Waals surface area contributed by atoms with Crippen LogP contribution in [0.25, 0.3) is 0 Å². The molecule has 2 saturated carbocycles. The number of hydrogen-bond donors (Lipinski definition) is 1. The van der Waals surface area contributed by atoms with Gasteiger partial charge in [-0.15, -0.1) is 0 Å². The Labute approximate surface area is 127 Å². The van der Waals surface area contributed by atoms with E-state index in [4.69, 9.17) is 0 Å². The van der Waals surface area contributed by atoms with Crippen LogP contribution in [-0.2, 0) is 9.59 Å². The fourth-order valence-corrected chi connectivity index (χ4v) is 3.96. The molecule has 4 nitrogen and oxygen atoms in total. The van der Waals surface area contributed by atoms with Crippen molar-refractivity contribution in [1.82, 2.24) is 4.90 Å². The lowest BCUT2D eigenvalue weighted by molar-refractivity contribution is -0.153. The molecule has 0 aromatic rings. The first-order valence-corrected chi connectivity index (χ1v) is 8.54. The van der Waals surface area contributed by atoms with Crippen molar-refractivity contribution in [1.29, 1.82) is 0 Å². The molecule has 0 heterocycles. The molecule has 1 N–H and O–H groups in total. The third kappa shape index (κ3) is 3.98. The summed E-state index contributed by atoms with van der Waals surface area (Å²) in [5, 5.41) is 9.42. The summed E-state index contributed by atoms with van der Waals surface area (Å²) in [5.74, 6) is -1.01. The lowest BCUT2D eigenvalue weighted by atomic mass is 9.78. The van der Waals surface area contributed by atoms with Gasteiger partial charge in [-0.25, -0.2) is 0 Å². The van der Waals surface area contributed by atoms with Gasteiger partial charge in [0.2, 0.25) is 5.91 Å². The Bertz CT molecular complexity index is 374. The normalized spacial score (nSPS) is 27.0.